The zero-order valence-corrected chi connectivity index (χ0v) is 14.9. The number of carbonyl (C=O) groups excluding carboxylic acids is 2. The third-order valence-electron chi connectivity index (χ3n) is 4.50. The molecule has 5 nitrogen and oxygen atoms in total. The number of carbonyl (C=O) groups is 2. The van der Waals surface area contributed by atoms with Crippen molar-refractivity contribution < 1.29 is 9.59 Å². The van der Waals surface area contributed by atoms with Gasteiger partial charge in [0.05, 0.1) is 0 Å². The lowest BCUT2D eigenvalue weighted by Gasteiger charge is -2.31. The summed E-state index contributed by atoms with van der Waals surface area (Å²) >= 11 is 3.42. The van der Waals surface area contributed by atoms with Gasteiger partial charge in [-0.15, -0.1) is 0 Å². The molecule has 2 fully saturated rings. The summed E-state index contributed by atoms with van der Waals surface area (Å²) in [6.45, 7) is 3.27. The maximum atomic E-state index is 12.4. The van der Waals surface area contributed by atoms with E-state index in [0.717, 1.165) is 41.4 Å². The summed E-state index contributed by atoms with van der Waals surface area (Å²) in [5, 5.41) is 6.02. The maximum absolute atomic E-state index is 12.4. The van der Waals surface area contributed by atoms with E-state index in [4.69, 9.17) is 0 Å². The second-order valence-electron chi connectivity index (χ2n) is 6.43. The van der Waals surface area contributed by atoms with Gasteiger partial charge in [0, 0.05) is 35.2 Å². The van der Waals surface area contributed by atoms with Gasteiger partial charge in [-0.1, -0.05) is 15.9 Å². The summed E-state index contributed by atoms with van der Waals surface area (Å²) in [6.07, 6.45) is 3.63. The quantitative estimate of drug-likeness (QED) is 0.846. The van der Waals surface area contributed by atoms with Crippen molar-refractivity contribution in [3.8, 4) is 0 Å². The molecule has 0 unspecified atom stereocenters. The van der Waals surface area contributed by atoms with E-state index in [2.05, 4.69) is 26.6 Å². The van der Waals surface area contributed by atoms with Gasteiger partial charge in [-0.2, -0.15) is 0 Å². The second-order valence-corrected chi connectivity index (χ2v) is 7.35. The summed E-state index contributed by atoms with van der Waals surface area (Å²) in [7, 11) is 0. The molecule has 1 aliphatic heterocycles. The molecular formula is C17H22BrN3O2. The standard InChI is InChI=1S/C17H22BrN3O2/c1-11-10-13(18)2-5-15(11)20-16(22)12-6-8-21(9-7-12)17(23)19-14-3-4-14/h2,5,10,12,14H,3-4,6-9H2,1H3,(H,19,23)(H,20,22). The zero-order chi connectivity index (χ0) is 16.4. The van der Waals surface area contributed by atoms with Crippen LogP contribution in [0.15, 0.2) is 22.7 Å². The second kappa shape index (κ2) is 6.91. The number of halogens is 1. The Balaban J connectivity index is 1.50. The van der Waals surface area contributed by atoms with Crippen LogP contribution in [0, 0.1) is 12.8 Å². The van der Waals surface area contributed by atoms with Crippen molar-refractivity contribution in [2.45, 2.75) is 38.6 Å². The molecule has 3 amide bonds. The van der Waals surface area contributed by atoms with Crippen LogP contribution in [0.3, 0.4) is 0 Å². The Labute approximate surface area is 144 Å². The Bertz CT molecular complexity index is 608. The van der Waals surface area contributed by atoms with E-state index in [1.165, 1.54) is 0 Å². The average Bonchev–Trinajstić information content (AvgIpc) is 3.34. The number of rotatable bonds is 3. The third-order valence-corrected chi connectivity index (χ3v) is 5.00. The van der Waals surface area contributed by atoms with Gasteiger partial charge in [0.1, 0.15) is 0 Å². The molecule has 124 valence electrons. The van der Waals surface area contributed by atoms with Crippen molar-refractivity contribution in [3.63, 3.8) is 0 Å². The first-order valence-corrected chi connectivity index (χ1v) is 8.94. The van der Waals surface area contributed by atoms with Crippen molar-refractivity contribution in [1.29, 1.82) is 0 Å². The van der Waals surface area contributed by atoms with Gasteiger partial charge < -0.3 is 15.5 Å². The Morgan fingerprint density at radius 3 is 2.48 bits per heavy atom. The molecule has 1 aromatic carbocycles. The molecule has 0 radical (unpaired) electrons. The lowest BCUT2D eigenvalue weighted by atomic mass is 9.96. The largest absolute Gasteiger partial charge is 0.335 e. The van der Waals surface area contributed by atoms with Gasteiger partial charge in [0.15, 0.2) is 0 Å². The number of piperidine rings is 1. The summed E-state index contributed by atoms with van der Waals surface area (Å²) < 4.78 is 1.00. The predicted molar refractivity (Wildman–Crippen MR) is 93.4 cm³/mol. The first-order valence-electron chi connectivity index (χ1n) is 8.15. The molecule has 0 aromatic heterocycles. The molecule has 2 N–H and O–H groups in total. The third kappa shape index (κ3) is 4.25. The van der Waals surface area contributed by atoms with Crippen LogP contribution in [0.25, 0.3) is 0 Å². The zero-order valence-electron chi connectivity index (χ0n) is 13.3. The molecule has 0 bridgehead atoms. The van der Waals surface area contributed by atoms with Crippen molar-refractivity contribution in [2.75, 3.05) is 18.4 Å². The lowest BCUT2D eigenvalue weighted by molar-refractivity contribution is -0.121. The van der Waals surface area contributed by atoms with E-state index in [0.29, 0.717) is 19.1 Å². The molecule has 1 heterocycles. The number of amides is 3. The number of nitrogens with zero attached hydrogens (tertiary/aromatic N) is 1. The summed E-state index contributed by atoms with van der Waals surface area (Å²) in [4.78, 5) is 26.3. The maximum Gasteiger partial charge on any atom is 0.317 e. The van der Waals surface area contributed by atoms with Gasteiger partial charge in [0.2, 0.25) is 5.91 Å². The molecule has 0 atom stereocenters. The smallest absolute Gasteiger partial charge is 0.317 e. The molecule has 1 aromatic rings. The monoisotopic (exact) mass is 379 g/mol. The van der Waals surface area contributed by atoms with Crippen LogP contribution in [0.2, 0.25) is 0 Å². The molecule has 6 heteroatoms. The number of likely N-dealkylation sites (tertiary alicyclic amines) is 1. The highest BCUT2D eigenvalue weighted by Gasteiger charge is 2.30. The van der Waals surface area contributed by atoms with Crippen LogP contribution in [-0.2, 0) is 4.79 Å². The van der Waals surface area contributed by atoms with Crippen molar-refractivity contribution in [1.82, 2.24) is 10.2 Å². The topological polar surface area (TPSA) is 61.4 Å². The summed E-state index contributed by atoms with van der Waals surface area (Å²) in [5.74, 6) is 0.0284. The van der Waals surface area contributed by atoms with Crippen LogP contribution >= 0.6 is 15.9 Å². The van der Waals surface area contributed by atoms with E-state index < -0.39 is 0 Å². The van der Waals surface area contributed by atoms with E-state index in [-0.39, 0.29) is 17.9 Å². The van der Waals surface area contributed by atoms with Crippen LogP contribution in [0.4, 0.5) is 10.5 Å². The Kier molecular flexibility index (Phi) is 4.90. The first-order chi connectivity index (χ1) is 11.0. The molecule has 1 aliphatic carbocycles. The number of hydrogen-bond donors (Lipinski definition) is 2. The summed E-state index contributed by atoms with van der Waals surface area (Å²) in [6, 6.07) is 6.22. The van der Waals surface area contributed by atoms with Crippen LogP contribution in [0.1, 0.15) is 31.2 Å². The number of anilines is 1. The summed E-state index contributed by atoms with van der Waals surface area (Å²) in [5.41, 5.74) is 1.89. The van der Waals surface area contributed by atoms with Gasteiger partial charge in [0.25, 0.3) is 0 Å². The average molecular weight is 380 g/mol. The van der Waals surface area contributed by atoms with Crippen molar-refractivity contribution >= 4 is 33.6 Å². The molecule has 23 heavy (non-hydrogen) atoms. The molecule has 2 aliphatic rings. The van der Waals surface area contributed by atoms with E-state index in [1.54, 1.807) is 0 Å². The van der Waals surface area contributed by atoms with E-state index in [9.17, 15) is 9.59 Å². The highest BCUT2D eigenvalue weighted by molar-refractivity contribution is 9.10. The molecule has 1 saturated carbocycles. The van der Waals surface area contributed by atoms with Gasteiger partial charge in [-0.25, -0.2) is 4.79 Å². The highest BCUT2D eigenvalue weighted by atomic mass is 79.9. The van der Waals surface area contributed by atoms with Gasteiger partial charge in [-0.05, 0) is 56.4 Å². The van der Waals surface area contributed by atoms with Crippen molar-refractivity contribution in [2.24, 2.45) is 5.92 Å². The van der Waals surface area contributed by atoms with Crippen LogP contribution in [-0.4, -0.2) is 36.0 Å². The highest BCUT2D eigenvalue weighted by Crippen LogP contribution is 2.24. The molecule has 3 rings (SSSR count). The van der Waals surface area contributed by atoms with Crippen molar-refractivity contribution in [3.05, 3.63) is 28.2 Å². The first kappa shape index (κ1) is 16.3. The number of urea groups is 1. The fourth-order valence-corrected chi connectivity index (χ4v) is 3.32. The fourth-order valence-electron chi connectivity index (χ4n) is 2.84. The molecule has 0 spiro atoms. The molecular weight excluding hydrogens is 358 g/mol. The van der Waals surface area contributed by atoms with Crippen LogP contribution in [0.5, 0.6) is 0 Å². The Morgan fingerprint density at radius 1 is 1.17 bits per heavy atom. The van der Waals surface area contributed by atoms with Gasteiger partial charge in [-0.3, -0.25) is 4.79 Å². The predicted octanol–water partition coefficient (Wildman–Crippen LogP) is 3.28. The number of hydrogen-bond acceptors (Lipinski definition) is 2. The minimum absolute atomic E-state index is 0.0233. The number of benzene rings is 1. The SMILES string of the molecule is Cc1cc(Br)ccc1NC(=O)C1CCN(C(=O)NC2CC2)CC1. The normalized spacial score (nSPS) is 18.6. The van der Waals surface area contributed by atoms with E-state index in [1.807, 2.05) is 30.0 Å². The lowest BCUT2D eigenvalue weighted by Crippen LogP contribution is -2.46. The number of aryl methyl sites for hydroxylation is 1. The Hall–Kier alpha value is -1.56. The Morgan fingerprint density at radius 2 is 1.87 bits per heavy atom. The van der Waals surface area contributed by atoms with Crippen LogP contribution < -0.4 is 10.6 Å². The number of nitrogens with one attached hydrogen (secondary N) is 2. The van der Waals surface area contributed by atoms with Gasteiger partial charge >= 0.3 is 6.03 Å². The molecule has 1 saturated heterocycles. The fraction of sp³-hybridized carbons (Fsp3) is 0.529. The van der Waals surface area contributed by atoms with E-state index >= 15 is 0 Å². The minimum atomic E-state index is -0.0250. The minimum Gasteiger partial charge on any atom is -0.335 e.